The highest BCUT2D eigenvalue weighted by atomic mass is 32.1. The first-order valence-corrected chi connectivity index (χ1v) is 11.7. The molecule has 1 saturated heterocycles. The third kappa shape index (κ3) is 6.05. The van der Waals surface area contributed by atoms with E-state index in [9.17, 15) is 18.0 Å². The molecule has 0 aliphatic carbocycles. The molecule has 0 unspecified atom stereocenters. The molecular weight excluding hydrogens is 465 g/mol. The molecule has 4 rings (SSSR count). The lowest BCUT2D eigenvalue weighted by atomic mass is 9.97. The van der Waals surface area contributed by atoms with Crippen LogP contribution in [0.1, 0.15) is 40.2 Å². The third-order valence-corrected chi connectivity index (χ3v) is 6.68. The van der Waals surface area contributed by atoms with Crippen LogP contribution in [0.15, 0.2) is 48.5 Å². The highest BCUT2D eigenvalue weighted by Crippen LogP contribution is 2.29. The lowest BCUT2D eigenvalue weighted by Crippen LogP contribution is -2.38. The van der Waals surface area contributed by atoms with Crippen molar-refractivity contribution in [3.05, 3.63) is 71.0 Å². The lowest BCUT2D eigenvalue weighted by molar-refractivity contribution is -0.137. The predicted octanol–water partition coefficient (Wildman–Crippen LogP) is 4.80. The van der Waals surface area contributed by atoms with Crippen molar-refractivity contribution in [2.75, 3.05) is 31.6 Å². The lowest BCUT2D eigenvalue weighted by Gasteiger charge is -2.31. The number of ether oxygens (including phenoxy) is 1. The van der Waals surface area contributed by atoms with Crippen molar-refractivity contribution in [3.63, 3.8) is 0 Å². The van der Waals surface area contributed by atoms with Crippen LogP contribution in [0.25, 0.3) is 0 Å². The number of halogens is 3. The molecule has 3 aromatic rings. The summed E-state index contributed by atoms with van der Waals surface area (Å²) in [5.41, 5.74) is 0.550. The maximum Gasteiger partial charge on any atom is 0.416 e. The quantitative estimate of drug-likeness (QED) is 0.515. The van der Waals surface area contributed by atoms with Crippen LogP contribution in [0.3, 0.4) is 0 Å². The van der Waals surface area contributed by atoms with Gasteiger partial charge < -0.3 is 15.0 Å². The second-order valence-electron chi connectivity index (χ2n) is 8.24. The van der Waals surface area contributed by atoms with E-state index in [1.54, 1.807) is 7.11 Å². The molecule has 1 aliphatic heterocycles. The number of piperidine rings is 1. The molecule has 1 amide bonds. The van der Waals surface area contributed by atoms with Crippen LogP contribution in [-0.2, 0) is 12.6 Å². The molecule has 0 saturated carbocycles. The summed E-state index contributed by atoms with van der Waals surface area (Å²) in [4.78, 5) is 19.2. The Morgan fingerprint density at radius 2 is 1.91 bits per heavy atom. The number of amides is 1. The summed E-state index contributed by atoms with van der Waals surface area (Å²) in [5, 5.41) is 3.74. The van der Waals surface area contributed by atoms with Crippen molar-refractivity contribution in [1.29, 1.82) is 0 Å². The maximum atomic E-state index is 12.7. The van der Waals surface area contributed by atoms with Gasteiger partial charge in [-0.15, -0.1) is 0 Å². The fourth-order valence-electron chi connectivity index (χ4n) is 3.89. The molecule has 1 N–H and O–H groups in total. The second kappa shape index (κ2) is 10.4. The molecule has 1 aromatic heterocycles. The standard InChI is InChI=1S/C24H25F3N4O2S/c1-33-20-4-2-3-17(13-20)14-21-29-23(34-30-21)31-11-9-16(10-12-31)15-28-22(32)18-5-7-19(8-6-18)24(25,26)27/h2-8,13,16H,9-12,14-15H2,1H3,(H,28,32). The molecule has 34 heavy (non-hydrogen) atoms. The van der Waals surface area contributed by atoms with Crippen LogP contribution in [0.5, 0.6) is 5.75 Å². The Kier molecular flexibility index (Phi) is 7.35. The molecule has 0 radical (unpaired) electrons. The highest BCUT2D eigenvalue weighted by Gasteiger charge is 2.30. The topological polar surface area (TPSA) is 67.3 Å². The van der Waals surface area contributed by atoms with Crippen molar-refractivity contribution in [1.82, 2.24) is 14.7 Å². The van der Waals surface area contributed by atoms with E-state index in [-0.39, 0.29) is 11.5 Å². The molecule has 0 atom stereocenters. The van der Waals surface area contributed by atoms with E-state index >= 15 is 0 Å². The van der Waals surface area contributed by atoms with Crippen LogP contribution >= 0.6 is 11.5 Å². The molecule has 1 fully saturated rings. The van der Waals surface area contributed by atoms with E-state index in [0.29, 0.717) is 18.9 Å². The summed E-state index contributed by atoms with van der Waals surface area (Å²) in [6, 6.07) is 12.1. The fraction of sp³-hybridized carbons (Fsp3) is 0.375. The number of aromatic nitrogens is 2. The van der Waals surface area contributed by atoms with Gasteiger partial charge >= 0.3 is 6.18 Å². The summed E-state index contributed by atoms with van der Waals surface area (Å²) >= 11 is 1.39. The summed E-state index contributed by atoms with van der Waals surface area (Å²) in [5.74, 6) is 1.53. The monoisotopic (exact) mass is 490 g/mol. The van der Waals surface area contributed by atoms with Crippen LogP contribution in [0.2, 0.25) is 0 Å². The number of carbonyl (C=O) groups excluding carboxylic acids is 1. The van der Waals surface area contributed by atoms with E-state index in [0.717, 1.165) is 60.3 Å². The van der Waals surface area contributed by atoms with E-state index in [1.165, 1.54) is 23.7 Å². The van der Waals surface area contributed by atoms with E-state index in [1.807, 2.05) is 24.3 Å². The van der Waals surface area contributed by atoms with E-state index < -0.39 is 11.7 Å². The van der Waals surface area contributed by atoms with Crippen molar-refractivity contribution >= 4 is 22.6 Å². The van der Waals surface area contributed by atoms with E-state index in [2.05, 4.69) is 14.6 Å². The van der Waals surface area contributed by atoms with Gasteiger partial charge in [-0.05, 0) is 60.7 Å². The molecule has 10 heteroatoms. The highest BCUT2D eigenvalue weighted by molar-refractivity contribution is 7.09. The second-order valence-corrected chi connectivity index (χ2v) is 8.97. The smallest absolute Gasteiger partial charge is 0.416 e. The zero-order chi connectivity index (χ0) is 24.1. The number of nitrogens with zero attached hydrogens (tertiary/aromatic N) is 3. The van der Waals surface area contributed by atoms with Crippen molar-refractivity contribution in [2.24, 2.45) is 5.92 Å². The van der Waals surface area contributed by atoms with Crippen LogP contribution in [0, 0.1) is 5.92 Å². The van der Waals surface area contributed by atoms with Crippen LogP contribution in [-0.4, -0.2) is 42.0 Å². The molecule has 2 aromatic carbocycles. The first kappa shape index (κ1) is 24.0. The number of carbonyl (C=O) groups is 1. The molecule has 1 aliphatic rings. The number of rotatable bonds is 7. The van der Waals surface area contributed by atoms with Gasteiger partial charge in [0.1, 0.15) is 11.6 Å². The summed E-state index contributed by atoms with van der Waals surface area (Å²) in [6.45, 7) is 2.12. The predicted molar refractivity (Wildman–Crippen MR) is 124 cm³/mol. The normalized spacial score (nSPS) is 14.8. The Labute approximate surface area is 199 Å². The van der Waals surface area contributed by atoms with Crippen molar-refractivity contribution < 1.29 is 22.7 Å². The molecule has 0 bridgehead atoms. The van der Waals surface area contributed by atoms with Crippen molar-refractivity contribution in [2.45, 2.75) is 25.4 Å². The van der Waals surface area contributed by atoms with E-state index in [4.69, 9.17) is 9.72 Å². The number of hydrogen-bond acceptors (Lipinski definition) is 6. The average Bonchev–Trinajstić information content (AvgIpc) is 3.31. The Morgan fingerprint density at radius 1 is 1.18 bits per heavy atom. The Morgan fingerprint density at radius 3 is 2.59 bits per heavy atom. The SMILES string of the molecule is COc1cccc(Cc2nsc(N3CCC(CNC(=O)c4ccc(C(F)(F)F)cc4)CC3)n2)c1. The van der Waals surface area contributed by atoms with Gasteiger partial charge in [0.15, 0.2) is 0 Å². The molecule has 180 valence electrons. The Hall–Kier alpha value is -3.14. The van der Waals surface area contributed by atoms with Gasteiger partial charge in [-0.25, -0.2) is 4.98 Å². The van der Waals surface area contributed by atoms with Crippen LogP contribution < -0.4 is 15.0 Å². The van der Waals surface area contributed by atoms with Gasteiger partial charge in [0.25, 0.3) is 5.91 Å². The minimum absolute atomic E-state index is 0.225. The maximum absolute atomic E-state index is 12.7. The summed E-state index contributed by atoms with van der Waals surface area (Å²) < 4.78 is 47.8. The molecule has 6 nitrogen and oxygen atoms in total. The largest absolute Gasteiger partial charge is 0.497 e. The van der Waals surface area contributed by atoms with Gasteiger partial charge in [0.05, 0.1) is 12.7 Å². The molecular formula is C24H25F3N4O2S. The fourth-order valence-corrected chi connectivity index (χ4v) is 4.62. The first-order valence-electron chi connectivity index (χ1n) is 11.0. The summed E-state index contributed by atoms with van der Waals surface area (Å²) in [7, 11) is 1.64. The average molecular weight is 491 g/mol. The van der Waals surface area contributed by atoms with Crippen molar-refractivity contribution in [3.8, 4) is 5.75 Å². The number of hydrogen-bond donors (Lipinski definition) is 1. The van der Waals surface area contributed by atoms with Gasteiger partial charge in [0.2, 0.25) is 5.13 Å². The van der Waals surface area contributed by atoms with Gasteiger partial charge in [-0.2, -0.15) is 17.5 Å². The van der Waals surface area contributed by atoms with Gasteiger partial charge in [-0.3, -0.25) is 4.79 Å². The first-order chi connectivity index (χ1) is 16.3. The molecule has 0 spiro atoms. The summed E-state index contributed by atoms with van der Waals surface area (Å²) in [6.07, 6.45) is -2.00. The zero-order valence-electron chi connectivity index (χ0n) is 18.6. The number of nitrogens with one attached hydrogen (secondary N) is 1. The number of anilines is 1. The number of methoxy groups -OCH3 is 1. The van der Waals surface area contributed by atoms with Crippen LogP contribution in [0.4, 0.5) is 18.3 Å². The minimum Gasteiger partial charge on any atom is -0.497 e. The number of benzene rings is 2. The van der Waals surface area contributed by atoms with Gasteiger partial charge in [0, 0.05) is 43.2 Å². The third-order valence-electron chi connectivity index (χ3n) is 5.86. The Bertz CT molecular complexity index is 1110. The molecule has 2 heterocycles. The number of alkyl halides is 3. The Balaban J connectivity index is 1.24. The minimum atomic E-state index is -4.41. The zero-order valence-corrected chi connectivity index (χ0v) is 19.5. The van der Waals surface area contributed by atoms with Gasteiger partial charge in [-0.1, -0.05) is 12.1 Å².